The summed E-state index contributed by atoms with van der Waals surface area (Å²) in [6.07, 6.45) is 0. The van der Waals surface area contributed by atoms with E-state index >= 15 is 0 Å². The maximum Gasteiger partial charge on any atom is 0.167 e. The standard InChI is InChI=1S/C10H15FN2O.2ClH/c1-13(2)5-6-14-10-4-3-8(12)7-9(10)11;;/h3-4,7H,5-6,12H2,1-2H3;2*1H. The Bertz CT molecular complexity index is 311. The first-order valence-corrected chi connectivity index (χ1v) is 4.42. The van der Waals surface area contributed by atoms with Gasteiger partial charge in [-0.1, -0.05) is 0 Å². The summed E-state index contributed by atoms with van der Waals surface area (Å²) >= 11 is 0. The first-order valence-electron chi connectivity index (χ1n) is 4.42. The molecule has 3 nitrogen and oxygen atoms in total. The van der Waals surface area contributed by atoms with Gasteiger partial charge in [0.2, 0.25) is 0 Å². The summed E-state index contributed by atoms with van der Waals surface area (Å²) in [4.78, 5) is 1.97. The summed E-state index contributed by atoms with van der Waals surface area (Å²) in [5.74, 6) is -0.162. The Morgan fingerprint density at radius 1 is 1.31 bits per heavy atom. The van der Waals surface area contributed by atoms with E-state index in [0.29, 0.717) is 12.3 Å². The minimum absolute atomic E-state index is 0. The maximum atomic E-state index is 13.2. The van der Waals surface area contributed by atoms with Gasteiger partial charge >= 0.3 is 0 Å². The Balaban J connectivity index is 0. The van der Waals surface area contributed by atoms with Crippen LogP contribution in [0.15, 0.2) is 18.2 Å². The van der Waals surface area contributed by atoms with Gasteiger partial charge in [0, 0.05) is 18.3 Å². The average molecular weight is 271 g/mol. The fourth-order valence-corrected chi connectivity index (χ4v) is 0.972. The molecular formula is C10H17Cl2FN2O. The third kappa shape index (κ3) is 6.00. The van der Waals surface area contributed by atoms with Crippen LogP contribution in [0.4, 0.5) is 10.1 Å². The van der Waals surface area contributed by atoms with Gasteiger partial charge in [0.15, 0.2) is 11.6 Å². The zero-order chi connectivity index (χ0) is 10.6. The van der Waals surface area contributed by atoms with Crippen molar-refractivity contribution in [1.29, 1.82) is 0 Å². The van der Waals surface area contributed by atoms with Gasteiger partial charge in [0.1, 0.15) is 6.61 Å². The van der Waals surface area contributed by atoms with E-state index in [2.05, 4.69) is 0 Å². The van der Waals surface area contributed by atoms with Crippen molar-refractivity contribution in [2.24, 2.45) is 0 Å². The highest BCUT2D eigenvalue weighted by Crippen LogP contribution is 2.18. The molecule has 0 bridgehead atoms. The fourth-order valence-electron chi connectivity index (χ4n) is 0.972. The predicted molar refractivity (Wildman–Crippen MR) is 69.4 cm³/mol. The van der Waals surface area contributed by atoms with Crippen LogP contribution in [0.5, 0.6) is 5.75 Å². The average Bonchev–Trinajstić information content (AvgIpc) is 2.08. The van der Waals surface area contributed by atoms with Crippen LogP contribution in [0, 0.1) is 5.82 Å². The van der Waals surface area contributed by atoms with Crippen molar-refractivity contribution in [1.82, 2.24) is 4.90 Å². The second-order valence-corrected chi connectivity index (χ2v) is 3.34. The van der Waals surface area contributed by atoms with Crippen molar-refractivity contribution in [3.8, 4) is 5.75 Å². The number of likely N-dealkylation sites (N-methyl/N-ethyl adjacent to an activating group) is 1. The molecule has 0 heterocycles. The Morgan fingerprint density at radius 2 is 1.94 bits per heavy atom. The van der Waals surface area contributed by atoms with Crippen molar-refractivity contribution in [2.45, 2.75) is 0 Å². The Morgan fingerprint density at radius 3 is 2.44 bits per heavy atom. The summed E-state index contributed by atoms with van der Waals surface area (Å²) in [5.41, 5.74) is 5.81. The quantitative estimate of drug-likeness (QED) is 0.853. The van der Waals surface area contributed by atoms with Crippen LogP contribution < -0.4 is 10.5 Å². The first kappa shape index (κ1) is 17.7. The Kier molecular flexibility index (Phi) is 9.33. The normalized spacial score (nSPS) is 9.25. The molecule has 2 N–H and O–H groups in total. The lowest BCUT2D eigenvalue weighted by Gasteiger charge is -2.11. The first-order chi connectivity index (χ1) is 6.59. The SMILES string of the molecule is CN(C)CCOc1ccc(N)cc1F.Cl.Cl. The van der Waals surface area contributed by atoms with E-state index in [-0.39, 0.29) is 30.6 Å². The van der Waals surface area contributed by atoms with Crippen molar-refractivity contribution in [2.75, 3.05) is 33.0 Å². The third-order valence-corrected chi connectivity index (χ3v) is 1.75. The van der Waals surface area contributed by atoms with E-state index in [4.69, 9.17) is 10.5 Å². The smallest absolute Gasteiger partial charge is 0.167 e. The lowest BCUT2D eigenvalue weighted by Crippen LogP contribution is -2.19. The van der Waals surface area contributed by atoms with Crippen molar-refractivity contribution >= 4 is 30.5 Å². The monoisotopic (exact) mass is 270 g/mol. The molecule has 0 spiro atoms. The number of halogens is 3. The highest BCUT2D eigenvalue weighted by molar-refractivity contribution is 5.85. The summed E-state index contributed by atoms with van der Waals surface area (Å²) in [6.45, 7) is 1.22. The second-order valence-electron chi connectivity index (χ2n) is 3.34. The van der Waals surface area contributed by atoms with E-state index in [1.807, 2.05) is 19.0 Å². The number of nitrogen functional groups attached to an aromatic ring is 1. The van der Waals surface area contributed by atoms with Gasteiger partial charge in [0.25, 0.3) is 0 Å². The van der Waals surface area contributed by atoms with E-state index in [9.17, 15) is 4.39 Å². The van der Waals surface area contributed by atoms with Gasteiger partial charge in [-0.25, -0.2) is 4.39 Å². The molecule has 0 aliphatic heterocycles. The number of benzene rings is 1. The molecule has 6 heteroatoms. The van der Waals surface area contributed by atoms with Gasteiger partial charge in [-0.05, 0) is 26.2 Å². The number of nitrogens with zero attached hydrogens (tertiary/aromatic N) is 1. The third-order valence-electron chi connectivity index (χ3n) is 1.75. The summed E-state index contributed by atoms with van der Waals surface area (Å²) in [6, 6.07) is 4.42. The molecule has 0 atom stereocenters. The zero-order valence-corrected chi connectivity index (χ0v) is 10.9. The lowest BCUT2D eigenvalue weighted by atomic mass is 10.3. The van der Waals surface area contributed by atoms with Crippen molar-refractivity contribution in [3.05, 3.63) is 24.0 Å². The number of nitrogens with two attached hydrogens (primary N) is 1. The minimum Gasteiger partial charge on any atom is -0.489 e. The van der Waals surface area contributed by atoms with Gasteiger partial charge in [-0.3, -0.25) is 0 Å². The molecule has 0 fully saturated rings. The molecule has 0 saturated carbocycles. The molecule has 16 heavy (non-hydrogen) atoms. The molecule has 1 rings (SSSR count). The topological polar surface area (TPSA) is 38.5 Å². The van der Waals surface area contributed by atoms with E-state index in [1.165, 1.54) is 6.07 Å². The molecule has 94 valence electrons. The van der Waals surface area contributed by atoms with Gasteiger partial charge in [-0.2, -0.15) is 0 Å². The largest absolute Gasteiger partial charge is 0.489 e. The molecule has 0 aliphatic rings. The summed E-state index contributed by atoms with van der Waals surface area (Å²) < 4.78 is 18.4. The highest BCUT2D eigenvalue weighted by Gasteiger charge is 2.02. The number of rotatable bonds is 4. The minimum atomic E-state index is -0.413. The van der Waals surface area contributed by atoms with Crippen LogP contribution in [0.2, 0.25) is 0 Å². The molecule has 1 aromatic carbocycles. The molecule has 0 radical (unpaired) electrons. The van der Waals surface area contributed by atoms with E-state index in [1.54, 1.807) is 12.1 Å². The number of hydrogen-bond donors (Lipinski definition) is 1. The molecule has 0 unspecified atom stereocenters. The highest BCUT2D eigenvalue weighted by atomic mass is 35.5. The van der Waals surface area contributed by atoms with Crippen LogP contribution in [0.25, 0.3) is 0 Å². The Hall–Kier alpha value is -0.710. The van der Waals surface area contributed by atoms with Crippen LogP contribution in [-0.4, -0.2) is 32.1 Å². The van der Waals surface area contributed by atoms with Crippen LogP contribution in [0.3, 0.4) is 0 Å². The number of ether oxygens (including phenoxy) is 1. The molecular weight excluding hydrogens is 254 g/mol. The van der Waals surface area contributed by atoms with Crippen LogP contribution in [0.1, 0.15) is 0 Å². The van der Waals surface area contributed by atoms with Gasteiger partial charge in [-0.15, -0.1) is 24.8 Å². The van der Waals surface area contributed by atoms with Crippen LogP contribution in [-0.2, 0) is 0 Å². The summed E-state index contributed by atoms with van der Waals surface area (Å²) in [7, 11) is 3.87. The number of anilines is 1. The maximum absolute atomic E-state index is 13.2. The Labute approximate surface area is 108 Å². The molecule has 0 aliphatic carbocycles. The van der Waals surface area contributed by atoms with Gasteiger partial charge in [0.05, 0.1) is 0 Å². The number of hydrogen-bond acceptors (Lipinski definition) is 3. The predicted octanol–water partition coefficient (Wildman–Crippen LogP) is 2.19. The molecule has 0 amide bonds. The van der Waals surface area contributed by atoms with Crippen LogP contribution >= 0.6 is 24.8 Å². The summed E-state index contributed by atoms with van der Waals surface area (Å²) in [5, 5.41) is 0. The zero-order valence-electron chi connectivity index (χ0n) is 9.27. The van der Waals surface area contributed by atoms with Crippen molar-refractivity contribution in [3.63, 3.8) is 0 Å². The van der Waals surface area contributed by atoms with Gasteiger partial charge < -0.3 is 15.4 Å². The van der Waals surface area contributed by atoms with Crippen molar-refractivity contribution < 1.29 is 9.13 Å². The molecule has 0 aromatic heterocycles. The lowest BCUT2D eigenvalue weighted by molar-refractivity contribution is 0.252. The molecule has 0 saturated heterocycles. The van der Waals surface area contributed by atoms with E-state index in [0.717, 1.165) is 6.54 Å². The second kappa shape index (κ2) is 8.44. The fraction of sp³-hybridized carbons (Fsp3) is 0.400. The van der Waals surface area contributed by atoms with E-state index < -0.39 is 5.82 Å². The molecule has 1 aromatic rings.